The number of hydrogen-bond acceptors (Lipinski definition) is 5. The van der Waals surface area contributed by atoms with Crippen LogP contribution in [-0.4, -0.2) is 53.1 Å². The molecule has 2 heterocycles. The van der Waals surface area contributed by atoms with Crippen molar-refractivity contribution in [3.63, 3.8) is 0 Å². The Morgan fingerprint density at radius 3 is 2.60 bits per heavy atom. The molecular weight excluding hydrogens is 318 g/mol. The first kappa shape index (κ1) is 17.5. The summed E-state index contributed by atoms with van der Waals surface area (Å²) >= 11 is 0. The first-order chi connectivity index (χ1) is 12.0. The van der Waals surface area contributed by atoms with E-state index in [0.29, 0.717) is 13.1 Å². The Hall–Kier alpha value is -2.34. The summed E-state index contributed by atoms with van der Waals surface area (Å²) in [6, 6.07) is 7.77. The summed E-state index contributed by atoms with van der Waals surface area (Å²) in [5.74, 6) is 1.67. The van der Waals surface area contributed by atoms with Gasteiger partial charge in [0.05, 0.1) is 6.20 Å². The van der Waals surface area contributed by atoms with Gasteiger partial charge in [-0.1, -0.05) is 23.4 Å². The summed E-state index contributed by atoms with van der Waals surface area (Å²) in [5, 5.41) is 3.82. The molecule has 0 spiro atoms. The molecule has 0 saturated carbocycles. The van der Waals surface area contributed by atoms with Crippen LogP contribution in [0.1, 0.15) is 23.8 Å². The summed E-state index contributed by atoms with van der Waals surface area (Å²) in [6.07, 6.45) is 1.29. The highest BCUT2D eigenvalue weighted by atomic mass is 16.5. The van der Waals surface area contributed by atoms with E-state index >= 15 is 0 Å². The molecule has 0 N–H and O–H groups in total. The molecule has 0 aliphatic carbocycles. The van der Waals surface area contributed by atoms with Crippen molar-refractivity contribution in [1.82, 2.24) is 15.0 Å². The van der Waals surface area contributed by atoms with Crippen LogP contribution in [0.2, 0.25) is 0 Å². The molecular formula is C19H25N3O3. The Balaban J connectivity index is 1.51. The van der Waals surface area contributed by atoms with E-state index in [2.05, 4.69) is 10.1 Å². The van der Waals surface area contributed by atoms with Gasteiger partial charge in [-0.25, -0.2) is 0 Å². The molecule has 1 saturated heterocycles. The van der Waals surface area contributed by atoms with Crippen LogP contribution in [0.15, 0.2) is 35.0 Å². The molecule has 134 valence electrons. The number of piperazine rings is 1. The maximum atomic E-state index is 12.6. The van der Waals surface area contributed by atoms with Crippen molar-refractivity contribution in [2.24, 2.45) is 0 Å². The lowest BCUT2D eigenvalue weighted by Crippen LogP contribution is -2.51. The molecule has 1 aromatic carbocycles. The molecule has 1 aromatic heterocycles. The first-order valence-electron chi connectivity index (χ1n) is 8.68. The third kappa shape index (κ3) is 4.20. The Morgan fingerprint density at radius 2 is 1.96 bits per heavy atom. The second-order valence-corrected chi connectivity index (χ2v) is 6.53. The highest BCUT2D eigenvalue weighted by Gasteiger charge is 2.26. The van der Waals surface area contributed by atoms with E-state index in [1.807, 2.05) is 49.9 Å². The molecule has 1 fully saturated rings. The summed E-state index contributed by atoms with van der Waals surface area (Å²) in [4.78, 5) is 16.9. The lowest BCUT2D eigenvalue weighted by atomic mass is 10.2. The van der Waals surface area contributed by atoms with Gasteiger partial charge >= 0.3 is 0 Å². The Kier molecular flexibility index (Phi) is 5.38. The largest absolute Gasteiger partial charge is 0.481 e. The molecule has 1 aliphatic rings. The molecule has 0 unspecified atom stereocenters. The summed E-state index contributed by atoms with van der Waals surface area (Å²) in [5.41, 5.74) is 2.15. The quantitative estimate of drug-likeness (QED) is 0.834. The minimum atomic E-state index is -0.479. The van der Waals surface area contributed by atoms with E-state index in [0.717, 1.165) is 42.3 Å². The first-order valence-corrected chi connectivity index (χ1v) is 8.68. The van der Waals surface area contributed by atoms with Gasteiger partial charge in [-0.05, 0) is 32.4 Å². The molecule has 6 nitrogen and oxygen atoms in total. The van der Waals surface area contributed by atoms with E-state index in [9.17, 15) is 4.79 Å². The van der Waals surface area contributed by atoms with E-state index in [1.54, 1.807) is 6.20 Å². The van der Waals surface area contributed by atoms with Crippen molar-refractivity contribution in [3.8, 4) is 5.75 Å². The number of carbonyl (C=O) groups is 1. The van der Waals surface area contributed by atoms with Gasteiger partial charge < -0.3 is 14.2 Å². The van der Waals surface area contributed by atoms with Gasteiger partial charge in [0, 0.05) is 38.3 Å². The third-order valence-corrected chi connectivity index (χ3v) is 4.67. The molecule has 0 bridgehead atoms. The lowest BCUT2D eigenvalue weighted by Gasteiger charge is -2.35. The maximum absolute atomic E-state index is 12.6. The number of rotatable bonds is 5. The van der Waals surface area contributed by atoms with Crippen LogP contribution in [0.5, 0.6) is 5.75 Å². The van der Waals surface area contributed by atoms with Crippen LogP contribution in [0.4, 0.5) is 0 Å². The number of benzene rings is 1. The zero-order valence-electron chi connectivity index (χ0n) is 15.1. The smallest absolute Gasteiger partial charge is 0.263 e. The summed E-state index contributed by atoms with van der Waals surface area (Å²) in [6.45, 7) is 9.65. The van der Waals surface area contributed by atoms with Gasteiger partial charge in [0.1, 0.15) is 11.5 Å². The van der Waals surface area contributed by atoms with E-state index < -0.39 is 6.10 Å². The maximum Gasteiger partial charge on any atom is 0.263 e. The molecule has 1 atom stereocenters. The fraction of sp³-hybridized carbons (Fsp3) is 0.474. The van der Waals surface area contributed by atoms with Crippen LogP contribution in [0.25, 0.3) is 0 Å². The SMILES string of the molecule is Cc1ccccc1O[C@@H](C)C(=O)N1CCN(Cc2cnoc2C)CC1. The number of aryl methyl sites for hydroxylation is 2. The molecule has 6 heteroatoms. The topological polar surface area (TPSA) is 58.8 Å². The Labute approximate surface area is 148 Å². The molecule has 3 rings (SSSR count). The van der Waals surface area contributed by atoms with Crippen molar-refractivity contribution in [2.75, 3.05) is 26.2 Å². The minimum Gasteiger partial charge on any atom is -0.481 e. The van der Waals surface area contributed by atoms with Crippen molar-refractivity contribution in [1.29, 1.82) is 0 Å². The van der Waals surface area contributed by atoms with Crippen LogP contribution in [0.3, 0.4) is 0 Å². The predicted molar refractivity (Wildman–Crippen MR) is 94.4 cm³/mol. The standard InChI is InChI=1S/C19H25N3O3/c1-14-6-4-5-7-18(14)24-16(3)19(23)22-10-8-21(9-11-22)13-17-12-20-25-15(17)2/h4-7,12,16H,8-11,13H2,1-3H3/t16-/m0/s1. The Bertz CT molecular complexity index is 720. The molecule has 1 aliphatic heterocycles. The van der Waals surface area contributed by atoms with Crippen molar-refractivity contribution in [2.45, 2.75) is 33.4 Å². The minimum absolute atomic E-state index is 0.0454. The Morgan fingerprint density at radius 1 is 1.24 bits per heavy atom. The van der Waals surface area contributed by atoms with Crippen LogP contribution in [-0.2, 0) is 11.3 Å². The fourth-order valence-corrected chi connectivity index (χ4v) is 3.02. The van der Waals surface area contributed by atoms with Gasteiger partial charge in [0.25, 0.3) is 5.91 Å². The van der Waals surface area contributed by atoms with Crippen LogP contribution in [0, 0.1) is 13.8 Å². The predicted octanol–water partition coefficient (Wildman–Crippen LogP) is 2.40. The highest BCUT2D eigenvalue weighted by molar-refractivity contribution is 5.81. The number of aromatic nitrogens is 1. The third-order valence-electron chi connectivity index (χ3n) is 4.67. The second-order valence-electron chi connectivity index (χ2n) is 6.53. The highest BCUT2D eigenvalue weighted by Crippen LogP contribution is 2.19. The number of hydrogen-bond donors (Lipinski definition) is 0. The van der Waals surface area contributed by atoms with Crippen molar-refractivity contribution in [3.05, 3.63) is 47.3 Å². The summed E-state index contributed by atoms with van der Waals surface area (Å²) in [7, 11) is 0. The normalized spacial score (nSPS) is 16.7. The number of para-hydroxylation sites is 1. The molecule has 0 radical (unpaired) electrons. The monoisotopic (exact) mass is 343 g/mol. The number of carbonyl (C=O) groups excluding carboxylic acids is 1. The van der Waals surface area contributed by atoms with Gasteiger partial charge in [-0.15, -0.1) is 0 Å². The summed E-state index contributed by atoms with van der Waals surface area (Å²) < 4.78 is 11.0. The van der Waals surface area contributed by atoms with Gasteiger partial charge in [-0.3, -0.25) is 9.69 Å². The van der Waals surface area contributed by atoms with E-state index in [4.69, 9.17) is 9.26 Å². The molecule has 1 amide bonds. The number of ether oxygens (including phenoxy) is 1. The van der Waals surface area contributed by atoms with Crippen LogP contribution < -0.4 is 4.74 Å². The second kappa shape index (κ2) is 7.70. The van der Waals surface area contributed by atoms with E-state index in [1.165, 1.54) is 0 Å². The molecule has 25 heavy (non-hydrogen) atoms. The molecule has 2 aromatic rings. The lowest BCUT2D eigenvalue weighted by molar-refractivity contribution is -0.139. The van der Waals surface area contributed by atoms with Gasteiger partial charge in [-0.2, -0.15) is 0 Å². The van der Waals surface area contributed by atoms with Crippen LogP contribution >= 0.6 is 0 Å². The average Bonchev–Trinajstić information content (AvgIpc) is 3.02. The number of nitrogens with zero attached hydrogens (tertiary/aromatic N) is 3. The zero-order valence-corrected chi connectivity index (χ0v) is 15.1. The van der Waals surface area contributed by atoms with E-state index in [-0.39, 0.29) is 5.91 Å². The zero-order chi connectivity index (χ0) is 17.8. The average molecular weight is 343 g/mol. The van der Waals surface area contributed by atoms with Crippen molar-refractivity contribution >= 4 is 5.91 Å². The fourth-order valence-electron chi connectivity index (χ4n) is 3.02. The van der Waals surface area contributed by atoms with Gasteiger partial charge in [0.15, 0.2) is 6.10 Å². The number of amides is 1. The van der Waals surface area contributed by atoms with Crippen molar-refractivity contribution < 1.29 is 14.1 Å². The van der Waals surface area contributed by atoms with Gasteiger partial charge in [0.2, 0.25) is 0 Å².